The van der Waals surface area contributed by atoms with Crippen molar-refractivity contribution in [2.45, 2.75) is 19.2 Å². The average Bonchev–Trinajstić information content (AvgIpc) is 2.73. The number of hydrogen-bond acceptors (Lipinski definition) is 5. The van der Waals surface area contributed by atoms with Crippen LogP contribution in [0, 0.1) is 11.6 Å². The van der Waals surface area contributed by atoms with E-state index in [9.17, 15) is 31.5 Å². The summed E-state index contributed by atoms with van der Waals surface area (Å²) in [5.41, 5.74) is -1.19. The monoisotopic (exact) mass is 458 g/mol. The molecule has 0 spiro atoms. The van der Waals surface area contributed by atoms with Crippen LogP contribution >= 0.6 is 0 Å². The van der Waals surface area contributed by atoms with E-state index < -0.39 is 46.9 Å². The van der Waals surface area contributed by atoms with Crippen molar-refractivity contribution in [1.29, 1.82) is 0 Å². The zero-order valence-corrected chi connectivity index (χ0v) is 16.8. The summed E-state index contributed by atoms with van der Waals surface area (Å²) >= 11 is 0. The van der Waals surface area contributed by atoms with Gasteiger partial charge < -0.3 is 19.7 Å². The molecule has 1 fully saturated rings. The molecule has 1 saturated heterocycles. The lowest BCUT2D eigenvalue weighted by Crippen LogP contribution is -2.37. The first-order valence-corrected chi connectivity index (χ1v) is 9.56. The molecule has 1 atom stereocenters. The van der Waals surface area contributed by atoms with Crippen molar-refractivity contribution in [3.8, 4) is 0 Å². The predicted octanol–water partition coefficient (Wildman–Crippen LogP) is 4.00. The number of anilines is 2. The maximum atomic E-state index is 13.3. The molecule has 1 amide bonds. The minimum atomic E-state index is -4.64. The van der Waals surface area contributed by atoms with Gasteiger partial charge in [-0.15, -0.1) is 0 Å². The topological polar surface area (TPSA) is 67.9 Å². The number of nitrogens with zero attached hydrogens (tertiary/aromatic N) is 1. The van der Waals surface area contributed by atoms with E-state index in [-0.39, 0.29) is 5.69 Å². The van der Waals surface area contributed by atoms with E-state index in [1.54, 1.807) is 4.90 Å². The van der Waals surface area contributed by atoms with E-state index in [0.717, 1.165) is 24.3 Å². The number of esters is 1. The zero-order valence-electron chi connectivity index (χ0n) is 16.8. The average molecular weight is 458 g/mol. The molecular weight excluding hydrogens is 439 g/mol. The number of carbonyl (C=O) groups is 2. The Morgan fingerprint density at radius 2 is 1.69 bits per heavy atom. The molecule has 11 heteroatoms. The Kier molecular flexibility index (Phi) is 6.97. The van der Waals surface area contributed by atoms with Gasteiger partial charge >= 0.3 is 12.1 Å². The molecule has 0 aliphatic carbocycles. The van der Waals surface area contributed by atoms with Gasteiger partial charge in [-0.25, -0.2) is 13.6 Å². The van der Waals surface area contributed by atoms with Crippen LogP contribution in [0.25, 0.3) is 0 Å². The number of morpholine rings is 1. The van der Waals surface area contributed by atoms with E-state index in [1.165, 1.54) is 13.0 Å². The minimum Gasteiger partial charge on any atom is -0.449 e. The fourth-order valence-corrected chi connectivity index (χ4v) is 3.08. The van der Waals surface area contributed by atoms with Crippen LogP contribution in [0.3, 0.4) is 0 Å². The lowest BCUT2D eigenvalue weighted by Gasteiger charge is -2.31. The van der Waals surface area contributed by atoms with E-state index >= 15 is 0 Å². The molecule has 2 aromatic rings. The Hall–Kier alpha value is -3.21. The Bertz CT molecular complexity index is 986. The van der Waals surface area contributed by atoms with Crippen molar-refractivity contribution in [2.24, 2.45) is 0 Å². The van der Waals surface area contributed by atoms with E-state index in [1.807, 2.05) is 0 Å². The molecule has 2 aromatic carbocycles. The minimum absolute atomic E-state index is 0.119. The fraction of sp³-hybridized carbons (Fsp3) is 0.333. The van der Waals surface area contributed by atoms with Gasteiger partial charge in [0.05, 0.1) is 35.7 Å². The standard InChI is InChI=1S/C21H19F5N2O4/c1-12(32-20(30)13-8-15(22)11-16(23)9-13)19(29)27-17-10-14(21(24,25)26)2-3-18(17)28-4-6-31-7-5-28/h2-3,8-12H,4-7H2,1H3,(H,27,29). The predicted molar refractivity (Wildman–Crippen MR) is 104 cm³/mol. The largest absolute Gasteiger partial charge is 0.449 e. The van der Waals surface area contributed by atoms with Crippen LogP contribution in [0.1, 0.15) is 22.8 Å². The molecule has 0 saturated carbocycles. The number of benzene rings is 2. The first kappa shape index (κ1) is 23.5. The molecule has 0 bridgehead atoms. The molecule has 0 radical (unpaired) electrons. The Balaban J connectivity index is 1.79. The lowest BCUT2D eigenvalue weighted by atomic mass is 10.1. The Morgan fingerprint density at radius 1 is 1.06 bits per heavy atom. The molecule has 1 N–H and O–H groups in total. The smallest absolute Gasteiger partial charge is 0.416 e. The highest BCUT2D eigenvalue weighted by molar-refractivity contribution is 5.99. The number of halogens is 5. The number of nitrogens with one attached hydrogen (secondary N) is 1. The number of alkyl halides is 3. The molecule has 1 heterocycles. The van der Waals surface area contributed by atoms with Crippen molar-refractivity contribution in [3.63, 3.8) is 0 Å². The molecule has 1 unspecified atom stereocenters. The lowest BCUT2D eigenvalue weighted by molar-refractivity contribution is -0.137. The second kappa shape index (κ2) is 9.51. The number of amides is 1. The highest BCUT2D eigenvalue weighted by Gasteiger charge is 2.32. The summed E-state index contributed by atoms with van der Waals surface area (Å²) in [7, 11) is 0. The van der Waals surface area contributed by atoms with Gasteiger partial charge in [-0.05, 0) is 37.3 Å². The van der Waals surface area contributed by atoms with Gasteiger partial charge in [-0.1, -0.05) is 0 Å². The van der Waals surface area contributed by atoms with Crippen molar-refractivity contribution < 1.29 is 41.0 Å². The van der Waals surface area contributed by atoms with Crippen LogP contribution in [0.5, 0.6) is 0 Å². The summed E-state index contributed by atoms with van der Waals surface area (Å²) in [6.07, 6.45) is -6.09. The SMILES string of the molecule is CC(OC(=O)c1cc(F)cc(F)c1)C(=O)Nc1cc(C(F)(F)F)ccc1N1CCOCC1. The summed E-state index contributed by atoms with van der Waals surface area (Å²) in [6, 6.07) is 4.98. The van der Waals surface area contributed by atoms with Crippen LogP contribution in [0.15, 0.2) is 36.4 Å². The first-order valence-electron chi connectivity index (χ1n) is 9.56. The van der Waals surface area contributed by atoms with Crippen molar-refractivity contribution in [3.05, 3.63) is 59.2 Å². The van der Waals surface area contributed by atoms with Gasteiger partial charge in [0, 0.05) is 19.2 Å². The van der Waals surface area contributed by atoms with E-state index in [0.29, 0.717) is 38.1 Å². The molecule has 1 aliphatic heterocycles. The van der Waals surface area contributed by atoms with Gasteiger partial charge in [0.1, 0.15) is 11.6 Å². The molecule has 3 rings (SSSR count). The molecule has 172 valence electrons. The second-order valence-electron chi connectivity index (χ2n) is 7.02. The maximum absolute atomic E-state index is 13.3. The Labute approximate surface area is 179 Å². The number of ether oxygens (including phenoxy) is 2. The third-order valence-corrected chi connectivity index (χ3v) is 4.68. The first-order chi connectivity index (χ1) is 15.0. The summed E-state index contributed by atoms with van der Waals surface area (Å²) in [5.74, 6) is -4.09. The Morgan fingerprint density at radius 3 is 2.28 bits per heavy atom. The molecule has 6 nitrogen and oxygen atoms in total. The molecule has 0 aromatic heterocycles. The number of carbonyl (C=O) groups excluding carboxylic acids is 2. The molecule has 32 heavy (non-hydrogen) atoms. The summed E-state index contributed by atoms with van der Waals surface area (Å²) in [4.78, 5) is 26.4. The van der Waals surface area contributed by atoms with Crippen LogP contribution in [-0.4, -0.2) is 44.3 Å². The van der Waals surface area contributed by atoms with Crippen LogP contribution in [0.4, 0.5) is 33.3 Å². The van der Waals surface area contributed by atoms with Gasteiger partial charge in [-0.2, -0.15) is 13.2 Å². The third-order valence-electron chi connectivity index (χ3n) is 4.68. The van der Waals surface area contributed by atoms with Crippen molar-refractivity contribution in [1.82, 2.24) is 0 Å². The van der Waals surface area contributed by atoms with Crippen LogP contribution in [0.2, 0.25) is 0 Å². The fourth-order valence-electron chi connectivity index (χ4n) is 3.08. The van der Waals surface area contributed by atoms with Gasteiger partial charge in [-0.3, -0.25) is 4.79 Å². The summed E-state index contributed by atoms with van der Waals surface area (Å²) in [6.45, 7) is 2.73. The summed E-state index contributed by atoms with van der Waals surface area (Å²) in [5, 5.41) is 2.35. The van der Waals surface area contributed by atoms with Crippen molar-refractivity contribution in [2.75, 3.05) is 36.5 Å². The van der Waals surface area contributed by atoms with Crippen LogP contribution < -0.4 is 10.2 Å². The maximum Gasteiger partial charge on any atom is 0.416 e. The molecular formula is C21H19F5N2O4. The zero-order chi connectivity index (χ0) is 23.5. The normalized spacial score (nSPS) is 15.2. The van der Waals surface area contributed by atoms with Gasteiger partial charge in [0.15, 0.2) is 6.10 Å². The number of hydrogen-bond donors (Lipinski definition) is 1. The number of rotatable bonds is 5. The second-order valence-corrected chi connectivity index (χ2v) is 7.02. The quantitative estimate of drug-likeness (QED) is 0.542. The summed E-state index contributed by atoms with van der Waals surface area (Å²) < 4.78 is 76.3. The van der Waals surface area contributed by atoms with Crippen molar-refractivity contribution >= 4 is 23.3 Å². The van der Waals surface area contributed by atoms with E-state index in [4.69, 9.17) is 9.47 Å². The van der Waals surface area contributed by atoms with Gasteiger partial charge in [0.2, 0.25) is 0 Å². The third kappa shape index (κ3) is 5.72. The highest BCUT2D eigenvalue weighted by atomic mass is 19.4. The highest BCUT2D eigenvalue weighted by Crippen LogP contribution is 2.36. The van der Waals surface area contributed by atoms with E-state index in [2.05, 4.69) is 5.32 Å². The molecule has 1 aliphatic rings. The van der Waals surface area contributed by atoms with Crippen LogP contribution in [-0.2, 0) is 20.4 Å². The van der Waals surface area contributed by atoms with Gasteiger partial charge in [0.25, 0.3) is 5.91 Å².